The van der Waals surface area contributed by atoms with Gasteiger partial charge in [-0.3, -0.25) is 9.48 Å². The van der Waals surface area contributed by atoms with Gasteiger partial charge in [0.15, 0.2) is 0 Å². The molecule has 1 aromatic heterocycles. The summed E-state index contributed by atoms with van der Waals surface area (Å²) in [6, 6.07) is 0. The maximum absolute atomic E-state index is 11.4. The Morgan fingerprint density at radius 1 is 1.64 bits per heavy atom. The smallest absolute Gasteiger partial charge is 0.313 e. The third-order valence-electron chi connectivity index (χ3n) is 1.95. The van der Waals surface area contributed by atoms with E-state index in [4.69, 9.17) is 4.74 Å². The molecule has 14 heavy (non-hydrogen) atoms. The van der Waals surface area contributed by atoms with E-state index < -0.39 is 5.41 Å². The molecule has 0 saturated carbocycles. The van der Waals surface area contributed by atoms with Crippen molar-refractivity contribution in [1.29, 1.82) is 0 Å². The fraction of sp³-hybridized carbons (Fsp3) is 0.667. The van der Waals surface area contributed by atoms with Gasteiger partial charge in [0.05, 0.1) is 24.8 Å². The minimum Gasteiger partial charge on any atom is -0.469 e. The topological polar surface area (TPSA) is 57.0 Å². The van der Waals surface area contributed by atoms with E-state index in [0.717, 1.165) is 5.69 Å². The Morgan fingerprint density at radius 3 is 2.71 bits per heavy atom. The Hall–Kier alpha value is -1.39. The highest BCUT2D eigenvalue weighted by Crippen LogP contribution is 2.19. The van der Waals surface area contributed by atoms with E-state index in [1.54, 1.807) is 10.9 Å². The van der Waals surface area contributed by atoms with E-state index in [2.05, 4.69) is 10.3 Å². The van der Waals surface area contributed by atoms with Crippen LogP contribution in [0.3, 0.4) is 0 Å². The average Bonchev–Trinajstić information content (AvgIpc) is 2.48. The summed E-state index contributed by atoms with van der Waals surface area (Å²) in [6.45, 7) is 5.96. The number of rotatable bonds is 3. The number of nitrogens with zero attached hydrogens (tertiary/aromatic N) is 3. The van der Waals surface area contributed by atoms with Crippen molar-refractivity contribution in [3.05, 3.63) is 11.9 Å². The summed E-state index contributed by atoms with van der Waals surface area (Å²) in [5.41, 5.74) is 0.264. The molecule has 0 aliphatic rings. The lowest BCUT2D eigenvalue weighted by Gasteiger charge is -2.20. The van der Waals surface area contributed by atoms with Crippen molar-refractivity contribution in [2.24, 2.45) is 5.41 Å². The molecule has 0 fully saturated rings. The van der Waals surface area contributed by atoms with Crippen molar-refractivity contribution in [3.8, 4) is 0 Å². The molecule has 5 heteroatoms. The lowest BCUT2D eigenvalue weighted by atomic mass is 9.94. The zero-order valence-corrected chi connectivity index (χ0v) is 8.94. The molecule has 0 aliphatic heterocycles. The second-order valence-corrected chi connectivity index (χ2v) is 3.93. The van der Waals surface area contributed by atoms with Gasteiger partial charge in [-0.1, -0.05) is 5.21 Å². The van der Waals surface area contributed by atoms with Crippen LogP contribution >= 0.6 is 0 Å². The molecule has 1 rings (SSSR count). The van der Waals surface area contributed by atoms with Crippen LogP contribution in [-0.2, 0) is 16.1 Å². The molecular weight excluding hydrogens is 182 g/mol. The molecule has 1 aromatic rings. The molecule has 0 amide bonds. The zero-order chi connectivity index (χ0) is 10.8. The number of ether oxygens (including phenoxy) is 1. The van der Waals surface area contributed by atoms with Crippen molar-refractivity contribution in [2.45, 2.75) is 27.3 Å². The third kappa shape index (κ3) is 2.31. The van der Waals surface area contributed by atoms with E-state index >= 15 is 0 Å². The second-order valence-electron chi connectivity index (χ2n) is 3.93. The minimum atomic E-state index is -0.575. The predicted molar refractivity (Wildman–Crippen MR) is 50.6 cm³/mol. The first-order chi connectivity index (χ1) is 6.45. The number of hydrogen-bond acceptors (Lipinski definition) is 4. The van der Waals surface area contributed by atoms with E-state index in [9.17, 15) is 4.79 Å². The standard InChI is InChI=1S/C9H15N3O2/c1-7-5-12(11-10-7)6-9(2,3)8(13)14-4/h5H,6H2,1-4H3. The number of aromatic nitrogens is 3. The molecule has 0 N–H and O–H groups in total. The largest absolute Gasteiger partial charge is 0.469 e. The van der Waals surface area contributed by atoms with Crippen LogP contribution in [-0.4, -0.2) is 28.1 Å². The number of carbonyl (C=O) groups is 1. The highest BCUT2D eigenvalue weighted by atomic mass is 16.5. The average molecular weight is 197 g/mol. The normalized spacial score (nSPS) is 11.4. The van der Waals surface area contributed by atoms with Crippen LogP contribution in [0.15, 0.2) is 6.20 Å². The number of hydrogen-bond donors (Lipinski definition) is 0. The highest BCUT2D eigenvalue weighted by molar-refractivity contribution is 5.75. The van der Waals surface area contributed by atoms with Gasteiger partial charge in [-0.2, -0.15) is 0 Å². The monoisotopic (exact) mass is 197 g/mol. The highest BCUT2D eigenvalue weighted by Gasteiger charge is 2.29. The molecule has 0 saturated heterocycles. The number of aryl methyl sites for hydroxylation is 1. The van der Waals surface area contributed by atoms with Crippen molar-refractivity contribution in [2.75, 3.05) is 7.11 Å². The number of methoxy groups -OCH3 is 1. The van der Waals surface area contributed by atoms with Crippen molar-refractivity contribution >= 4 is 5.97 Å². The Bertz CT molecular complexity index is 331. The van der Waals surface area contributed by atoms with E-state index in [1.165, 1.54) is 7.11 Å². The van der Waals surface area contributed by atoms with Crippen LogP contribution in [0.2, 0.25) is 0 Å². The van der Waals surface area contributed by atoms with Gasteiger partial charge in [-0.25, -0.2) is 0 Å². The van der Waals surface area contributed by atoms with Gasteiger partial charge in [-0.15, -0.1) is 5.10 Å². The number of carbonyl (C=O) groups excluding carboxylic acids is 1. The van der Waals surface area contributed by atoms with E-state index in [-0.39, 0.29) is 5.97 Å². The van der Waals surface area contributed by atoms with E-state index in [1.807, 2.05) is 20.8 Å². The summed E-state index contributed by atoms with van der Waals surface area (Å²) in [5.74, 6) is -0.245. The van der Waals surface area contributed by atoms with Gasteiger partial charge in [0.2, 0.25) is 0 Å². The van der Waals surface area contributed by atoms with Crippen LogP contribution in [0.4, 0.5) is 0 Å². The third-order valence-corrected chi connectivity index (χ3v) is 1.95. The summed E-state index contributed by atoms with van der Waals surface area (Å²) in [4.78, 5) is 11.4. The maximum Gasteiger partial charge on any atom is 0.313 e. The lowest BCUT2D eigenvalue weighted by molar-refractivity contribution is -0.151. The molecule has 0 bridgehead atoms. The first kappa shape index (κ1) is 10.7. The van der Waals surface area contributed by atoms with Gasteiger partial charge in [0.25, 0.3) is 0 Å². The van der Waals surface area contributed by atoms with Gasteiger partial charge >= 0.3 is 5.97 Å². The van der Waals surface area contributed by atoms with Crippen LogP contribution in [0.1, 0.15) is 19.5 Å². The van der Waals surface area contributed by atoms with Gasteiger partial charge < -0.3 is 4.74 Å². The first-order valence-electron chi connectivity index (χ1n) is 4.41. The second kappa shape index (κ2) is 3.77. The summed E-state index contributed by atoms with van der Waals surface area (Å²) >= 11 is 0. The molecule has 78 valence electrons. The summed E-state index contributed by atoms with van der Waals surface area (Å²) < 4.78 is 6.34. The first-order valence-corrected chi connectivity index (χ1v) is 4.41. The summed E-state index contributed by atoms with van der Waals surface area (Å²) in [6.07, 6.45) is 1.80. The zero-order valence-electron chi connectivity index (χ0n) is 8.94. The van der Waals surface area contributed by atoms with E-state index in [0.29, 0.717) is 6.54 Å². The fourth-order valence-electron chi connectivity index (χ4n) is 1.22. The molecule has 0 aromatic carbocycles. The van der Waals surface area contributed by atoms with Crippen molar-refractivity contribution in [1.82, 2.24) is 15.0 Å². The van der Waals surface area contributed by atoms with Crippen LogP contribution in [0.25, 0.3) is 0 Å². The Kier molecular flexibility index (Phi) is 2.88. The van der Waals surface area contributed by atoms with Gasteiger partial charge in [0, 0.05) is 6.20 Å². The molecule has 0 unspecified atom stereocenters. The summed E-state index contributed by atoms with van der Waals surface area (Å²) in [5, 5.41) is 7.72. The minimum absolute atomic E-state index is 0.245. The molecule has 5 nitrogen and oxygen atoms in total. The van der Waals surface area contributed by atoms with Crippen molar-refractivity contribution in [3.63, 3.8) is 0 Å². The molecular formula is C9H15N3O2. The SMILES string of the molecule is COC(=O)C(C)(C)Cn1cc(C)nn1. The molecule has 1 heterocycles. The van der Waals surface area contributed by atoms with Gasteiger partial charge in [0.1, 0.15) is 0 Å². The van der Waals surface area contributed by atoms with Gasteiger partial charge in [-0.05, 0) is 20.8 Å². The van der Waals surface area contributed by atoms with Crippen LogP contribution < -0.4 is 0 Å². The van der Waals surface area contributed by atoms with Crippen molar-refractivity contribution < 1.29 is 9.53 Å². The van der Waals surface area contributed by atoms with Crippen LogP contribution in [0.5, 0.6) is 0 Å². The fourth-order valence-corrected chi connectivity index (χ4v) is 1.22. The molecule has 0 radical (unpaired) electrons. The molecule has 0 spiro atoms. The van der Waals surface area contributed by atoms with Crippen LogP contribution in [0, 0.1) is 12.3 Å². The lowest BCUT2D eigenvalue weighted by Crippen LogP contribution is -2.30. The Labute approximate surface area is 83.1 Å². The maximum atomic E-state index is 11.4. The number of esters is 1. The Balaban J connectivity index is 2.72. The molecule has 0 atom stereocenters. The summed E-state index contributed by atoms with van der Waals surface area (Å²) in [7, 11) is 1.39. The quantitative estimate of drug-likeness (QED) is 0.672. The Morgan fingerprint density at radius 2 is 2.29 bits per heavy atom. The molecule has 0 aliphatic carbocycles. The predicted octanol–water partition coefficient (Wildman–Crippen LogP) is 0.786.